The van der Waals surface area contributed by atoms with E-state index in [0.29, 0.717) is 10.8 Å². The average molecular weight is 294 g/mol. The molecule has 1 unspecified atom stereocenters. The highest BCUT2D eigenvalue weighted by Gasteiger charge is 2.10. The Morgan fingerprint density at radius 3 is 2.65 bits per heavy atom. The van der Waals surface area contributed by atoms with E-state index in [1.165, 1.54) is 12.1 Å². The minimum atomic E-state index is -0.348. The highest BCUT2D eigenvalue weighted by atomic mass is 35.5. The van der Waals surface area contributed by atoms with Gasteiger partial charge in [0, 0.05) is 28.3 Å². The van der Waals surface area contributed by atoms with Crippen LogP contribution in [-0.4, -0.2) is 0 Å². The Kier molecular flexibility index (Phi) is 4.63. The summed E-state index contributed by atoms with van der Waals surface area (Å²) in [5, 5.41) is 0.642. The number of nitrogens with two attached hydrogens (primary N) is 1. The van der Waals surface area contributed by atoms with Crippen LogP contribution in [0.5, 0.6) is 5.75 Å². The predicted octanol–water partition coefficient (Wildman–Crippen LogP) is 4.39. The molecule has 2 N–H and O–H groups in total. The van der Waals surface area contributed by atoms with Crippen LogP contribution in [0, 0.1) is 12.7 Å². The second-order valence-corrected chi connectivity index (χ2v) is 5.26. The lowest BCUT2D eigenvalue weighted by molar-refractivity contribution is 0.300. The summed E-state index contributed by atoms with van der Waals surface area (Å²) in [6.45, 7) is 4.08. The van der Waals surface area contributed by atoms with Crippen molar-refractivity contribution in [1.82, 2.24) is 0 Å². The lowest BCUT2D eigenvalue weighted by atomic mass is 10.1. The highest BCUT2D eigenvalue weighted by Crippen LogP contribution is 2.27. The number of hydrogen-bond acceptors (Lipinski definition) is 2. The normalized spacial score (nSPS) is 12.2. The topological polar surface area (TPSA) is 35.2 Å². The maximum Gasteiger partial charge on any atom is 0.127 e. The molecule has 0 saturated heterocycles. The average Bonchev–Trinajstić information content (AvgIpc) is 2.37. The molecule has 0 amide bonds. The summed E-state index contributed by atoms with van der Waals surface area (Å²) < 4.78 is 19.0. The van der Waals surface area contributed by atoms with Gasteiger partial charge in [-0.1, -0.05) is 29.8 Å². The maximum atomic E-state index is 13.3. The second-order valence-electron chi connectivity index (χ2n) is 4.85. The minimum absolute atomic E-state index is 0.223. The highest BCUT2D eigenvalue weighted by molar-refractivity contribution is 6.31. The van der Waals surface area contributed by atoms with Gasteiger partial charge in [0.2, 0.25) is 0 Å². The van der Waals surface area contributed by atoms with E-state index >= 15 is 0 Å². The van der Waals surface area contributed by atoms with E-state index in [1.54, 1.807) is 6.07 Å². The molecule has 0 heterocycles. The number of halogens is 2. The first-order valence-corrected chi connectivity index (χ1v) is 6.78. The summed E-state index contributed by atoms with van der Waals surface area (Å²) in [5.41, 5.74) is 8.57. The van der Waals surface area contributed by atoms with Gasteiger partial charge in [0.15, 0.2) is 0 Å². The molecule has 2 aromatic rings. The van der Waals surface area contributed by atoms with Crippen molar-refractivity contribution >= 4 is 11.6 Å². The van der Waals surface area contributed by atoms with Gasteiger partial charge in [0.25, 0.3) is 0 Å². The summed E-state index contributed by atoms with van der Waals surface area (Å²) in [5.74, 6) is 0.107. The Bertz CT molecular complexity index is 613. The first-order valence-electron chi connectivity index (χ1n) is 6.40. The van der Waals surface area contributed by atoms with Crippen LogP contribution in [-0.2, 0) is 6.61 Å². The molecule has 0 saturated carbocycles. The van der Waals surface area contributed by atoms with Crippen molar-refractivity contribution in [3.8, 4) is 5.75 Å². The van der Waals surface area contributed by atoms with Crippen LogP contribution < -0.4 is 10.5 Å². The fraction of sp³-hybridized carbons (Fsp3) is 0.250. The molecule has 2 aromatic carbocycles. The van der Waals surface area contributed by atoms with Crippen LogP contribution in [0.2, 0.25) is 5.02 Å². The third-order valence-electron chi connectivity index (χ3n) is 3.06. The van der Waals surface area contributed by atoms with E-state index in [2.05, 4.69) is 0 Å². The largest absolute Gasteiger partial charge is 0.488 e. The predicted molar refractivity (Wildman–Crippen MR) is 79.5 cm³/mol. The molecule has 4 heteroatoms. The Morgan fingerprint density at radius 2 is 2.00 bits per heavy atom. The monoisotopic (exact) mass is 293 g/mol. The standard InChI is InChI=1S/C16H17ClFNO/c1-10-3-4-12(15(17)7-10)9-20-16-8-13(18)5-6-14(16)11(2)19/h3-8,11H,9,19H2,1-2H3. The number of aryl methyl sites for hydroxylation is 1. The van der Waals surface area contributed by atoms with Gasteiger partial charge in [-0.3, -0.25) is 0 Å². The third-order valence-corrected chi connectivity index (χ3v) is 3.41. The smallest absolute Gasteiger partial charge is 0.127 e. The molecule has 0 aliphatic rings. The lowest BCUT2D eigenvalue weighted by Crippen LogP contribution is -2.08. The van der Waals surface area contributed by atoms with Crippen molar-refractivity contribution in [2.75, 3.05) is 0 Å². The molecule has 0 fully saturated rings. The van der Waals surface area contributed by atoms with Gasteiger partial charge in [-0.2, -0.15) is 0 Å². The van der Waals surface area contributed by atoms with Crippen molar-refractivity contribution in [3.05, 3.63) is 63.9 Å². The molecule has 20 heavy (non-hydrogen) atoms. The van der Waals surface area contributed by atoms with Crippen molar-refractivity contribution in [3.63, 3.8) is 0 Å². The molecule has 1 atom stereocenters. The molecule has 2 rings (SSSR count). The summed E-state index contributed by atoms with van der Waals surface area (Å²) in [6.07, 6.45) is 0. The molecule has 0 spiro atoms. The molecule has 0 aliphatic carbocycles. The lowest BCUT2D eigenvalue weighted by Gasteiger charge is -2.15. The van der Waals surface area contributed by atoms with Crippen molar-refractivity contribution in [2.45, 2.75) is 26.5 Å². The summed E-state index contributed by atoms with van der Waals surface area (Å²) in [4.78, 5) is 0. The zero-order chi connectivity index (χ0) is 14.7. The van der Waals surface area contributed by atoms with Gasteiger partial charge < -0.3 is 10.5 Å². The van der Waals surface area contributed by atoms with Gasteiger partial charge in [-0.05, 0) is 31.5 Å². The van der Waals surface area contributed by atoms with Gasteiger partial charge in [-0.15, -0.1) is 0 Å². The van der Waals surface area contributed by atoms with Crippen molar-refractivity contribution in [1.29, 1.82) is 0 Å². The van der Waals surface area contributed by atoms with Crippen LogP contribution in [0.15, 0.2) is 36.4 Å². The molecule has 0 radical (unpaired) electrons. The zero-order valence-corrected chi connectivity index (χ0v) is 12.2. The van der Waals surface area contributed by atoms with Gasteiger partial charge in [0.05, 0.1) is 0 Å². The van der Waals surface area contributed by atoms with Crippen molar-refractivity contribution < 1.29 is 9.13 Å². The maximum absolute atomic E-state index is 13.3. The van der Waals surface area contributed by atoms with Gasteiger partial charge >= 0.3 is 0 Å². The molecule has 2 nitrogen and oxygen atoms in total. The zero-order valence-electron chi connectivity index (χ0n) is 11.5. The third kappa shape index (κ3) is 3.50. The van der Waals surface area contributed by atoms with E-state index in [-0.39, 0.29) is 18.5 Å². The first kappa shape index (κ1) is 14.8. The van der Waals surface area contributed by atoms with E-state index in [0.717, 1.165) is 16.7 Å². The second kappa shape index (κ2) is 6.25. The van der Waals surface area contributed by atoms with Gasteiger partial charge in [-0.25, -0.2) is 4.39 Å². The minimum Gasteiger partial charge on any atom is -0.488 e. The molecule has 0 bridgehead atoms. The molecular formula is C16H17ClFNO. The number of hydrogen-bond donors (Lipinski definition) is 1. The Balaban J connectivity index is 2.20. The van der Waals surface area contributed by atoms with Crippen LogP contribution in [0.1, 0.15) is 29.7 Å². The van der Waals surface area contributed by atoms with Crippen molar-refractivity contribution in [2.24, 2.45) is 5.73 Å². The van der Waals surface area contributed by atoms with Crippen LogP contribution in [0.4, 0.5) is 4.39 Å². The number of rotatable bonds is 4. The fourth-order valence-electron chi connectivity index (χ4n) is 1.93. The molecule has 0 aliphatic heterocycles. The van der Waals surface area contributed by atoms with E-state index in [1.807, 2.05) is 32.0 Å². The Hall–Kier alpha value is -1.58. The van der Waals surface area contributed by atoms with Gasteiger partial charge in [0.1, 0.15) is 18.2 Å². The van der Waals surface area contributed by atoms with E-state index < -0.39 is 0 Å². The number of ether oxygens (including phenoxy) is 1. The van der Waals surface area contributed by atoms with E-state index in [4.69, 9.17) is 22.1 Å². The molecule has 0 aromatic heterocycles. The Labute approximate surface area is 123 Å². The fourth-order valence-corrected chi connectivity index (χ4v) is 2.22. The number of benzene rings is 2. The van der Waals surface area contributed by atoms with Crippen LogP contribution >= 0.6 is 11.6 Å². The molecule has 106 valence electrons. The SMILES string of the molecule is Cc1ccc(COc2cc(F)ccc2C(C)N)c(Cl)c1. The van der Waals surface area contributed by atoms with Crippen LogP contribution in [0.3, 0.4) is 0 Å². The molecular weight excluding hydrogens is 277 g/mol. The summed E-state index contributed by atoms with van der Waals surface area (Å²) in [6, 6.07) is 9.89. The quantitative estimate of drug-likeness (QED) is 0.907. The van der Waals surface area contributed by atoms with Crippen LogP contribution in [0.25, 0.3) is 0 Å². The summed E-state index contributed by atoms with van der Waals surface area (Å²) in [7, 11) is 0. The first-order chi connectivity index (χ1) is 9.47. The summed E-state index contributed by atoms with van der Waals surface area (Å²) >= 11 is 6.15. The van der Waals surface area contributed by atoms with E-state index in [9.17, 15) is 4.39 Å². The Morgan fingerprint density at radius 1 is 1.25 bits per heavy atom.